The van der Waals surface area contributed by atoms with Gasteiger partial charge in [0.25, 0.3) is 0 Å². The summed E-state index contributed by atoms with van der Waals surface area (Å²) in [6.45, 7) is 3.46. The van der Waals surface area contributed by atoms with E-state index in [4.69, 9.17) is 5.14 Å². The maximum absolute atomic E-state index is 11.4. The van der Waals surface area contributed by atoms with Gasteiger partial charge in [-0.15, -0.1) is 6.58 Å². The first-order valence-corrected chi connectivity index (χ1v) is 5.75. The van der Waals surface area contributed by atoms with Gasteiger partial charge < -0.3 is 4.90 Å². The number of carbonyl (C=O) groups is 1. The molecule has 0 saturated heterocycles. The van der Waals surface area contributed by atoms with E-state index in [0.717, 1.165) is 0 Å². The standard InChI is InChI=1S/C8H16N2O3S/c1-4-5-6-7(14(9,12)13)8(11)10(2)3/h4,7H,1,5-6H2,2-3H3,(H2,9,12,13). The molecule has 1 amide bonds. The second-order valence-electron chi connectivity index (χ2n) is 3.18. The van der Waals surface area contributed by atoms with E-state index in [0.29, 0.717) is 6.42 Å². The Bertz CT molecular complexity index is 309. The van der Waals surface area contributed by atoms with Crippen LogP contribution in [-0.4, -0.2) is 38.6 Å². The van der Waals surface area contributed by atoms with Crippen LogP contribution in [0.25, 0.3) is 0 Å². The number of amides is 1. The summed E-state index contributed by atoms with van der Waals surface area (Å²) in [7, 11) is -0.831. The van der Waals surface area contributed by atoms with Crippen molar-refractivity contribution in [3.63, 3.8) is 0 Å². The molecule has 0 aliphatic heterocycles. The average Bonchev–Trinajstić information content (AvgIpc) is 2.02. The lowest BCUT2D eigenvalue weighted by molar-refractivity contribution is -0.128. The molecule has 0 aliphatic carbocycles. The highest BCUT2D eigenvalue weighted by atomic mass is 32.2. The Morgan fingerprint density at radius 1 is 1.57 bits per heavy atom. The fraction of sp³-hybridized carbons (Fsp3) is 0.625. The van der Waals surface area contributed by atoms with Gasteiger partial charge in [-0.3, -0.25) is 4.79 Å². The summed E-state index contributed by atoms with van der Waals surface area (Å²) < 4.78 is 22.2. The molecule has 0 aromatic rings. The van der Waals surface area contributed by atoms with Crippen molar-refractivity contribution < 1.29 is 13.2 Å². The maximum Gasteiger partial charge on any atom is 0.241 e. The van der Waals surface area contributed by atoms with Gasteiger partial charge in [-0.05, 0) is 12.8 Å². The molecule has 5 nitrogen and oxygen atoms in total. The molecule has 0 radical (unpaired) electrons. The highest BCUT2D eigenvalue weighted by Gasteiger charge is 2.29. The summed E-state index contributed by atoms with van der Waals surface area (Å²) in [4.78, 5) is 12.6. The molecule has 1 atom stereocenters. The monoisotopic (exact) mass is 220 g/mol. The van der Waals surface area contributed by atoms with Crippen LogP contribution < -0.4 is 5.14 Å². The molecule has 0 rings (SSSR count). The molecule has 0 aliphatic rings. The van der Waals surface area contributed by atoms with E-state index in [1.54, 1.807) is 6.08 Å². The van der Waals surface area contributed by atoms with Crippen molar-refractivity contribution >= 4 is 15.9 Å². The van der Waals surface area contributed by atoms with Crippen LogP contribution in [0.15, 0.2) is 12.7 Å². The Labute approximate surface area is 84.6 Å². The van der Waals surface area contributed by atoms with E-state index in [2.05, 4.69) is 6.58 Å². The molecule has 82 valence electrons. The molecular formula is C8H16N2O3S. The first-order chi connectivity index (χ1) is 6.30. The number of rotatable bonds is 5. The molecule has 0 aromatic heterocycles. The van der Waals surface area contributed by atoms with Crippen molar-refractivity contribution in [2.45, 2.75) is 18.1 Å². The van der Waals surface area contributed by atoms with E-state index in [9.17, 15) is 13.2 Å². The Kier molecular flexibility index (Phi) is 4.79. The molecular weight excluding hydrogens is 204 g/mol. The van der Waals surface area contributed by atoms with Crippen molar-refractivity contribution in [2.24, 2.45) is 5.14 Å². The van der Waals surface area contributed by atoms with Gasteiger partial charge in [-0.25, -0.2) is 13.6 Å². The van der Waals surface area contributed by atoms with E-state index >= 15 is 0 Å². The number of primary sulfonamides is 1. The van der Waals surface area contributed by atoms with Gasteiger partial charge in [0.05, 0.1) is 0 Å². The Balaban J connectivity index is 4.74. The third kappa shape index (κ3) is 3.89. The number of sulfonamides is 1. The zero-order chi connectivity index (χ0) is 11.4. The third-order valence-corrected chi connectivity index (χ3v) is 2.98. The van der Waals surface area contributed by atoms with Crippen molar-refractivity contribution in [3.05, 3.63) is 12.7 Å². The van der Waals surface area contributed by atoms with E-state index in [-0.39, 0.29) is 6.42 Å². The van der Waals surface area contributed by atoms with E-state index in [1.807, 2.05) is 0 Å². The van der Waals surface area contributed by atoms with E-state index in [1.165, 1.54) is 19.0 Å². The summed E-state index contributed by atoms with van der Waals surface area (Å²) >= 11 is 0. The van der Waals surface area contributed by atoms with Gasteiger partial charge in [0.15, 0.2) is 5.25 Å². The Hall–Kier alpha value is -0.880. The summed E-state index contributed by atoms with van der Waals surface area (Å²) in [6.07, 6.45) is 2.18. The number of nitrogens with two attached hydrogens (primary N) is 1. The van der Waals surface area contributed by atoms with Crippen molar-refractivity contribution in [3.8, 4) is 0 Å². The zero-order valence-corrected chi connectivity index (χ0v) is 9.25. The Morgan fingerprint density at radius 3 is 2.36 bits per heavy atom. The minimum absolute atomic E-state index is 0.180. The minimum Gasteiger partial charge on any atom is -0.348 e. The van der Waals surface area contributed by atoms with Crippen LogP contribution in [-0.2, 0) is 14.8 Å². The summed E-state index contributed by atoms with van der Waals surface area (Å²) in [6, 6.07) is 0. The lowest BCUT2D eigenvalue weighted by Gasteiger charge is -2.17. The van der Waals surface area contributed by atoms with Crippen molar-refractivity contribution in [1.82, 2.24) is 4.90 Å². The summed E-state index contributed by atoms with van der Waals surface area (Å²) in [5, 5.41) is 3.79. The zero-order valence-electron chi connectivity index (χ0n) is 8.43. The molecule has 0 spiro atoms. The van der Waals surface area contributed by atoms with Crippen LogP contribution in [0.5, 0.6) is 0 Å². The molecule has 2 N–H and O–H groups in total. The SMILES string of the molecule is C=CCCC(C(=O)N(C)C)S(N)(=O)=O. The highest BCUT2D eigenvalue weighted by molar-refractivity contribution is 7.90. The van der Waals surface area contributed by atoms with Crippen LogP contribution in [0.1, 0.15) is 12.8 Å². The van der Waals surface area contributed by atoms with Crippen LogP contribution in [0.4, 0.5) is 0 Å². The topological polar surface area (TPSA) is 80.5 Å². The van der Waals surface area contributed by atoms with Gasteiger partial charge >= 0.3 is 0 Å². The lowest BCUT2D eigenvalue weighted by Crippen LogP contribution is -2.42. The van der Waals surface area contributed by atoms with Gasteiger partial charge in [-0.2, -0.15) is 0 Å². The number of nitrogens with zero attached hydrogens (tertiary/aromatic N) is 1. The molecule has 0 fully saturated rings. The highest BCUT2D eigenvalue weighted by Crippen LogP contribution is 2.08. The lowest BCUT2D eigenvalue weighted by atomic mass is 10.2. The number of hydrogen-bond donors (Lipinski definition) is 1. The smallest absolute Gasteiger partial charge is 0.241 e. The molecule has 0 bridgehead atoms. The van der Waals surface area contributed by atoms with Crippen molar-refractivity contribution in [1.29, 1.82) is 0 Å². The van der Waals surface area contributed by atoms with E-state index < -0.39 is 21.2 Å². The van der Waals surface area contributed by atoms with Crippen LogP contribution in [0, 0.1) is 0 Å². The Morgan fingerprint density at radius 2 is 2.07 bits per heavy atom. The van der Waals surface area contributed by atoms with Crippen molar-refractivity contribution in [2.75, 3.05) is 14.1 Å². The third-order valence-electron chi connectivity index (χ3n) is 1.75. The second kappa shape index (κ2) is 5.11. The molecule has 1 unspecified atom stereocenters. The fourth-order valence-corrected chi connectivity index (χ4v) is 1.94. The van der Waals surface area contributed by atoms with Gasteiger partial charge in [-0.1, -0.05) is 6.08 Å². The van der Waals surface area contributed by atoms with Crippen LogP contribution in [0.2, 0.25) is 0 Å². The fourth-order valence-electron chi connectivity index (χ4n) is 0.985. The minimum atomic E-state index is -3.82. The molecule has 0 aromatic carbocycles. The van der Waals surface area contributed by atoms with Gasteiger partial charge in [0, 0.05) is 14.1 Å². The molecule has 0 heterocycles. The molecule has 6 heteroatoms. The largest absolute Gasteiger partial charge is 0.348 e. The number of allylic oxidation sites excluding steroid dienone is 1. The number of hydrogen-bond acceptors (Lipinski definition) is 3. The molecule has 14 heavy (non-hydrogen) atoms. The quantitative estimate of drug-likeness (QED) is 0.646. The first-order valence-electron chi connectivity index (χ1n) is 4.14. The van der Waals surface area contributed by atoms with Gasteiger partial charge in [0.2, 0.25) is 15.9 Å². The second-order valence-corrected chi connectivity index (χ2v) is 4.92. The predicted octanol–water partition coefficient (Wildman–Crippen LogP) is -0.302. The average molecular weight is 220 g/mol. The summed E-state index contributed by atoms with van der Waals surface area (Å²) in [5.41, 5.74) is 0. The normalized spacial score (nSPS) is 13.4. The maximum atomic E-state index is 11.4. The number of carbonyl (C=O) groups excluding carboxylic acids is 1. The van der Waals surface area contributed by atoms with Crippen LogP contribution >= 0.6 is 0 Å². The first kappa shape index (κ1) is 13.1. The summed E-state index contributed by atoms with van der Waals surface area (Å²) in [5.74, 6) is -0.491. The van der Waals surface area contributed by atoms with Gasteiger partial charge in [0.1, 0.15) is 0 Å². The van der Waals surface area contributed by atoms with Crippen LogP contribution in [0.3, 0.4) is 0 Å². The predicted molar refractivity (Wildman–Crippen MR) is 55.0 cm³/mol. The molecule has 0 saturated carbocycles.